The minimum Gasteiger partial charge on any atom is -0.364 e. The Labute approximate surface area is 201 Å². The summed E-state index contributed by atoms with van der Waals surface area (Å²) in [5.74, 6) is 1.48. The molecule has 2 N–H and O–H groups in total. The number of nitrogens with zero attached hydrogens (tertiary/aromatic N) is 4. The Hall–Kier alpha value is -3.41. The van der Waals surface area contributed by atoms with E-state index >= 15 is 0 Å². The van der Waals surface area contributed by atoms with Crippen molar-refractivity contribution in [2.24, 2.45) is 0 Å². The monoisotopic (exact) mass is 454 g/mol. The zero-order valence-corrected chi connectivity index (χ0v) is 20.4. The van der Waals surface area contributed by atoms with Crippen molar-refractivity contribution in [2.45, 2.75) is 71.5 Å². The third-order valence-corrected chi connectivity index (χ3v) is 6.71. The van der Waals surface area contributed by atoms with Crippen LogP contribution in [0.1, 0.15) is 63.1 Å². The molecule has 2 aromatic heterocycles. The summed E-state index contributed by atoms with van der Waals surface area (Å²) < 4.78 is 2.12. The Morgan fingerprint density at radius 2 is 1.59 bits per heavy atom. The van der Waals surface area contributed by atoms with Gasteiger partial charge in [0.15, 0.2) is 17.0 Å². The molecule has 34 heavy (non-hydrogen) atoms. The highest BCUT2D eigenvalue weighted by atomic mass is 15.2. The van der Waals surface area contributed by atoms with Crippen LogP contribution in [0.15, 0.2) is 54.9 Å². The molecule has 0 radical (unpaired) electrons. The molecule has 5 rings (SSSR count). The molecule has 6 heteroatoms. The molecular weight excluding hydrogens is 420 g/mol. The van der Waals surface area contributed by atoms with Crippen LogP contribution in [-0.4, -0.2) is 25.6 Å². The maximum absolute atomic E-state index is 4.86. The first-order valence-electron chi connectivity index (χ1n) is 12.5. The van der Waals surface area contributed by atoms with Gasteiger partial charge in [-0.1, -0.05) is 73.4 Å². The Kier molecular flexibility index (Phi) is 6.48. The molecule has 0 spiro atoms. The fourth-order valence-corrected chi connectivity index (χ4v) is 4.66. The summed E-state index contributed by atoms with van der Waals surface area (Å²) in [7, 11) is 0. The summed E-state index contributed by atoms with van der Waals surface area (Å²) in [5, 5.41) is 7.13. The summed E-state index contributed by atoms with van der Waals surface area (Å²) >= 11 is 0. The number of rotatable bonds is 7. The van der Waals surface area contributed by atoms with E-state index in [1.54, 1.807) is 0 Å². The molecule has 176 valence electrons. The molecule has 1 aliphatic carbocycles. The first kappa shape index (κ1) is 22.4. The van der Waals surface area contributed by atoms with Gasteiger partial charge in [-0.05, 0) is 50.3 Å². The Morgan fingerprint density at radius 3 is 2.26 bits per heavy atom. The van der Waals surface area contributed by atoms with E-state index in [9.17, 15) is 0 Å². The van der Waals surface area contributed by atoms with Crippen LogP contribution in [0.2, 0.25) is 0 Å². The van der Waals surface area contributed by atoms with Gasteiger partial charge < -0.3 is 15.2 Å². The van der Waals surface area contributed by atoms with Crippen LogP contribution in [0.25, 0.3) is 22.3 Å². The van der Waals surface area contributed by atoms with E-state index in [1.165, 1.54) is 54.4 Å². The average molecular weight is 455 g/mol. The maximum atomic E-state index is 4.86. The van der Waals surface area contributed by atoms with E-state index in [4.69, 9.17) is 9.97 Å². The summed E-state index contributed by atoms with van der Waals surface area (Å²) in [4.78, 5) is 14.4. The van der Waals surface area contributed by atoms with Crippen molar-refractivity contribution in [1.29, 1.82) is 0 Å². The first-order chi connectivity index (χ1) is 16.6. The van der Waals surface area contributed by atoms with Gasteiger partial charge in [0.1, 0.15) is 0 Å². The van der Waals surface area contributed by atoms with Crippen LogP contribution in [0, 0.1) is 6.92 Å². The van der Waals surface area contributed by atoms with Gasteiger partial charge in [0.05, 0.1) is 6.33 Å². The molecule has 0 aliphatic heterocycles. The molecule has 0 amide bonds. The second-order valence-electron chi connectivity index (χ2n) is 9.71. The lowest BCUT2D eigenvalue weighted by atomic mass is 9.96. The fourth-order valence-electron chi connectivity index (χ4n) is 4.66. The molecule has 6 nitrogen and oxygen atoms in total. The van der Waals surface area contributed by atoms with Gasteiger partial charge in [0, 0.05) is 18.6 Å². The smallest absolute Gasteiger partial charge is 0.227 e. The summed E-state index contributed by atoms with van der Waals surface area (Å²) in [5.41, 5.74) is 6.63. The van der Waals surface area contributed by atoms with Gasteiger partial charge >= 0.3 is 0 Å². The number of hydrogen-bond acceptors (Lipinski definition) is 5. The fraction of sp³-hybridized carbons (Fsp3) is 0.393. The van der Waals surface area contributed by atoms with Gasteiger partial charge in [-0.15, -0.1) is 0 Å². The molecule has 1 fully saturated rings. The Bertz CT molecular complexity index is 1230. The minimum absolute atomic E-state index is 0.282. The van der Waals surface area contributed by atoms with Gasteiger partial charge in [-0.25, -0.2) is 4.98 Å². The highest BCUT2D eigenvalue weighted by molar-refractivity contribution is 5.84. The number of nitrogens with one attached hydrogen (secondary N) is 2. The minimum atomic E-state index is 0.282. The van der Waals surface area contributed by atoms with E-state index in [-0.39, 0.29) is 6.04 Å². The summed E-state index contributed by atoms with van der Waals surface area (Å²) in [6, 6.07) is 18.1. The molecule has 2 aromatic carbocycles. The topological polar surface area (TPSA) is 67.7 Å². The average Bonchev–Trinajstić information content (AvgIpc) is 3.29. The second-order valence-corrected chi connectivity index (χ2v) is 9.71. The highest BCUT2D eigenvalue weighted by Crippen LogP contribution is 2.27. The van der Waals surface area contributed by atoms with Crippen LogP contribution in [0.5, 0.6) is 0 Å². The number of imidazole rings is 1. The molecule has 0 atom stereocenters. The largest absolute Gasteiger partial charge is 0.364 e. The molecule has 1 saturated carbocycles. The van der Waals surface area contributed by atoms with E-state index in [0.717, 1.165) is 17.0 Å². The molecule has 2 heterocycles. The van der Waals surface area contributed by atoms with Crippen molar-refractivity contribution in [3.8, 4) is 11.1 Å². The van der Waals surface area contributed by atoms with E-state index in [1.807, 2.05) is 6.33 Å². The van der Waals surface area contributed by atoms with Crippen molar-refractivity contribution in [3.63, 3.8) is 0 Å². The molecule has 0 unspecified atom stereocenters. The van der Waals surface area contributed by atoms with Crippen molar-refractivity contribution in [3.05, 3.63) is 66.0 Å². The van der Waals surface area contributed by atoms with Crippen LogP contribution >= 0.6 is 0 Å². The molecule has 0 saturated heterocycles. The summed E-state index contributed by atoms with van der Waals surface area (Å²) in [6.45, 7) is 7.10. The van der Waals surface area contributed by atoms with Crippen LogP contribution in [-0.2, 0) is 6.54 Å². The molecule has 4 aromatic rings. The predicted octanol–water partition coefficient (Wildman–Crippen LogP) is 6.74. The standard InChI is InChI=1S/C28H34N6/c1-19(2)34-18-30-25-26(32-28(33-27(25)34)31-24-7-5-4-6-8-24)29-17-21-11-15-23(16-12-21)22-13-9-20(3)10-14-22/h9-16,18-19,24H,4-8,17H2,1-3H3,(H2,29,31,32,33). The van der Waals surface area contributed by atoms with E-state index < -0.39 is 0 Å². The first-order valence-corrected chi connectivity index (χ1v) is 12.5. The molecule has 1 aliphatic rings. The lowest BCUT2D eigenvalue weighted by Crippen LogP contribution is -2.24. The SMILES string of the molecule is Cc1ccc(-c2ccc(CNc3nc(NC4CCCCC4)nc4c3ncn4C(C)C)cc2)cc1. The van der Waals surface area contributed by atoms with Crippen LogP contribution in [0.4, 0.5) is 11.8 Å². The highest BCUT2D eigenvalue weighted by Gasteiger charge is 2.18. The third kappa shape index (κ3) is 4.91. The molecule has 0 bridgehead atoms. The van der Waals surface area contributed by atoms with Gasteiger partial charge in [-0.2, -0.15) is 9.97 Å². The number of anilines is 2. The maximum Gasteiger partial charge on any atom is 0.227 e. The van der Waals surface area contributed by atoms with Crippen molar-refractivity contribution in [1.82, 2.24) is 19.5 Å². The van der Waals surface area contributed by atoms with E-state index in [2.05, 4.69) is 89.5 Å². The predicted molar refractivity (Wildman–Crippen MR) is 140 cm³/mol. The third-order valence-electron chi connectivity index (χ3n) is 6.71. The molecular formula is C28H34N6. The quantitative estimate of drug-likeness (QED) is 0.324. The summed E-state index contributed by atoms with van der Waals surface area (Å²) in [6.07, 6.45) is 8.10. The lowest BCUT2D eigenvalue weighted by molar-refractivity contribution is 0.461. The zero-order chi connectivity index (χ0) is 23.5. The Morgan fingerprint density at radius 1 is 0.912 bits per heavy atom. The van der Waals surface area contributed by atoms with Crippen molar-refractivity contribution < 1.29 is 0 Å². The van der Waals surface area contributed by atoms with Crippen LogP contribution in [0.3, 0.4) is 0 Å². The number of benzene rings is 2. The van der Waals surface area contributed by atoms with Crippen molar-refractivity contribution in [2.75, 3.05) is 10.6 Å². The number of hydrogen-bond donors (Lipinski definition) is 2. The number of aryl methyl sites for hydroxylation is 1. The van der Waals surface area contributed by atoms with Gasteiger partial charge in [0.25, 0.3) is 0 Å². The zero-order valence-electron chi connectivity index (χ0n) is 20.4. The second kappa shape index (κ2) is 9.84. The van der Waals surface area contributed by atoms with Gasteiger partial charge in [0.2, 0.25) is 5.95 Å². The van der Waals surface area contributed by atoms with Crippen LogP contribution < -0.4 is 10.6 Å². The lowest BCUT2D eigenvalue weighted by Gasteiger charge is -2.23. The number of aromatic nitrogens is 4. The van der Waals surface area contributed by atoms with E-state index in [0.29, 0.717) is 18.5 Å². The van der Waals surface area contributed by atoms with Gasteiger partial charge in [-0.3, -0.25) is 0 Å². The Balaban J connectivity index is 1.37. The number of fused-ring (bicyclic) bond motifs is 1. The van der Waals surface area contributed by atoms with Crippen molar-refractivity contribution >= 4 is 22.9 Å². The normalized spacial score (nSPS) is 14.6.